The number of likely N-dealkylation sites (tertiary alicyclic amines) is 1. The van der Waals surface area contributed by atoms with Crippen molar-refractivity contribution in [2.45, 2.75) is 12.5 Å². The van der Waals surface area contributed by atoms with Crippen LogP contribution in [0.2, 0.25) is 0 Å². The highest BCUT2D eigenvalue weighted by molar-refractivity contribution is 5.96. The minimum atomic E-state index is -1.01. The number of nitrogens with zero attached hydrogens (tertiary/aromatic N) is 3. The summed E-state index contributed by atoms with van der Waals surface area (Å²) < 4.78 is 6.06. The van der Waals surface area contributed by atoms with E-state index in [-0.39, 0.29) is 17.6 Å². The molecule has 0 radical (unpaired) electrons. The highest BCUT2D eigenvalue weighted by Crippen LogP contribution is 2.27. The molecular weight excluding hydrogens is 334 g/mol. The molecule has 0 bridgehead atoms. The second kappa shape index (κ2) is 7.43. The fraction of sp³-hybridized carbons (Fsp3) is 0.316. The van der Waals surface area contributed by atoms with E-state index in [1.54, 1.807) is 23.2 Å². The van der Waals surface area contributed by atoms with Gasteiger partial charge in [0.1, 0.15) is 6.10 Å². The lowest BCUT2D eigenvalue weighted by Crippen LogP contribution is -2.31. The fourth-order valence-corrected chi connectivity index (χ4v) is 2.94. The molecule has 0 aliphatic carbocycles. The smallest absolute Gasteiger partial charge is 0.335 e. The van der Waals surface area contributed by atoms with Crippen molar-refractivity contribution in [3.05, 3.63) is 53.7 Å². The van der Waals surface area contributed by atoms with Gasteiger partial charge < -0.3 is 19.6 Å². The average molecular weight is 355 g/mol. The molecule has 0 spiro atoms. The van der Waals surface area contributed by atoms with Crippen LogP contribution in [0.3, 0.4) is 0 Å². The van der Waals surface area contributed by atoms with Crippen molar-refractivity contribution < 1.29 is 19.4 Å². The maximum absolute atomic E-state index is 12.6. The standard InChI is InChI=1S/C19H21N3O4/c1-21(2)17-16(4-3-10-20-17)26-15-9-11-22(12-15)18(23)13-5-7-14(8-6-13)19(24)25/h3-8,10,15H,9,11-12H2,1-2H3,(H,24,25). The summed E-state index contributed by atoms with van der Waals surface area (Å²) in [4.78, 5) is 31.4. The first-order chi connectivity index (χ1) is 12.5. The van der Waals surface area contributed by atoms with Crippen LogP contribution in [-0.4, -0.2) is 60.2 Å². The van der Waals surface area contributed by atoms with Gasteiger partial charge in [0.15, 0.2) is 11.6 Å². The maximum atomic E-state index is 12.6. The predicted octanol–water partition coefficient (Wildman–Crippen LogP) is 2.14. The first-order valence-electron chi connectivity index (χ1n) is 8.37. The van der Waals surface area contributed by atoms with Gasteiger partial charge in [0.05, 0.1) is 12.1 Å². The molecule has 1 aliphatic heterocycles. The molecule has 2 heterocycles. The molecule has 136 valence electrons. The predicted molar refractivity (Wildman–Crippen MR) is 96.9 cm³/mol. The van der Waals surface area contributed by atoms with Crippen LogP contribution < -0.4 is 9.64 Å². The van der Waals surface area contributed by atoms with Crippen molar-refractivity contribution in [3.8, 4) is 5.75 Å². The summed E-state index contributed by atoms with van der Waals surface area (Å²) in [7, 11) is 3.81. The maximum Gasteiger partial charge on any atom is 0.335 e. The van der Waals surface area contributed by atoms with E-state index in [0.29, 0.717) is 24.4 Å². The highest BCUT2D eigenvalue weighted by Gasteiger charge is 2.29. The van der Waals surface area contributed by atoms with E-state index in [4.69, 9.17) is 9.84 Å². The SMILES string of the molecule is CN(C)c1ncccc1OC1CCN(C(=O)c2ccc(C(=O)O)cc2)C1. The number of hydrogen-bond donors (Lipinski definition) is 1. The summed E-state index contributed by atoms with van der Waals surface area (Å²) in [5, 5.41) is 8.94. The number of anilines is 1. The number of carbonyl (C=O) groups excluding carboxylic acids is 1. The Morgan fingerprint density at radius 2 is 1.88 bits per heavy atom. The number of hydrogen-bond acceptors (Lipinski definition) is 5. The lowest BCUT2D eigenvalue weighted by Gasteiger charge is -2.20. The average Bonchev–Trinajstić information content (AvgIpc) is 3.10. The van der Waals surface area contributed by atoms with E-state index in [1.807, 2.05) is 31.1 Å². The van der Waals surface area contributed by atoms with Crippen LogP contribution in [0, 0.1) is 0 Å². The molecular formula is C19H21N3O4. The van der Waals surface area contributed by atoms with Gasteiger partial charge in [-0.25, -0.2) is 9.78 Å². The topological polar surface area (TPSA) is 83.0 Å². The number of aromatic nitrogens is 1. The van der Waals surface area contributed by atoms with Gasteiger partial charge in [0, 0.05) is 38.8 Å². The Bertz CT molecular complexity index is 805. The van der Waals surface area contributed by atoms with Gasteiger partial charge in [-0.1, -0.05) is 0 Å². The molecule has 7 nitrogen and oxygen atoms in total. The number of rotatable bonds is 5. The van der Waals surface area contributed by atoms with Crippen LogP contribution in [0.4, 0.5) is 5.82 Å². The van der Waals surface area contributed by atoms with E-state index < -0.39 is 5.97 Å². The molecule has 1 aliphatic rings. The van der Waals surface area contributed by atoms with Crippen LogP contribution in [-0.2, 0) is 0 Å². The highest BCUT2D eigenvalue weighted by atomic mass is 16.5. The Labute approximate surface area is 151 Å². The monoisotopic (exact) mass is 355 g/mol. The number of benzene rings is 1. The lowest BCUT2D eigenvalue weighted by atomic mass is 10.1. The van der Waals surface area contributed by atoms with Crippen LogP contribution in [0.25, 0.3) is 0 Å². The molecule has 1 atom stereocenters. The van der Waals surface area contributed by atoms with E-state index in [0.717, 1.165) is 12.2 Å². The lowest BCUT2D eigenvalue weighted by molar-refractivity contribution is 0.0694. The first kappa shape index (κ1) is 17.7. The van der Waals surface area contributed by atoms with Crippen LogP contribution in [0.15, 0.2) is 42.6 Å². The molecule has 1 fully saturated rings. The number of pyridine rings is 1. The largest absolute Gasteiger partial charge is 0.485 e. The van der Waals surface area contributed by atoms with Gasteiger partial charge >= 0.3 is 5.97 Å². The molecule has 1 amide bonds. The van der Waals surface area contributed by atoms with Gasteiger partial charge in [0.25, 0.3) is 5.91 Å². The molecule has 1 unspecified atom stereocenters. The van der Waals surface area contributed by atoms with Gasteiger partial charge in [-0.15, -0.1) is 0 Å². The Morgan fingerprint density at radius 1 is 1.19 bits per heavy atom. The van der Waals surface area contributed by atoms with Gasteiger partial charge in [-0.2, -0.15) is 0 Å². The third kappa shape index (κ3) is 3.77. The normalized spacial score (nSPS) is 16.4. The van der Waals surface area contributed by atoms with Gasteiger partial charge in [-0.3, -0.25) is 4.79 Å². The van der Waals surface area contributed by atoms with E-state index >= 15 is 0 Å². The Balaban J connectivity index is 1.65. The van der Waals surface area contributed by atoms with E-state index in [1.165, 1.54) is 12.1 Å². The van der Waals surface area contributed by atoms with E-state index in [9.17, 15) is 9.59 Å². The third-order valence-electron chi connectivity index (χ3n) is 4.28. The number of carboxylic acids is 1. The Kier molecular flexibility index (Phi) is 5.06. The minimum Gasteiger partial charge on any atom is -0.485 e. The van der Waals surface area contributed by atoms with Crippen molar-refractivity contribution in [1.82, 2.24) is 9.88 Å². The summed E-state index contributed by atoms with van der Waals surface area (Å²) in [6, 6.07) is 9.68. The van der Waals surface area contributed by atoms with Crippen LogP contribution in [0.5, 0.6) is 5.75 Å². The molecule has 26 heavy (non-hydrogen) atoms. The van der Waals surface area contributed by atoms with Crippen molar-refractivity contribution >= 4 is 17.7 Å². The zero-order valence-corrected chi connectivity index (χ0v) is 14.8. The summed E-state index contributed by atoms with van der Waals surface area (Å²) in [6.07, 6.45) is 2.36. The van der Waals surface area contributed by atoms with Crippen molar-refractivity contribution in [1.29, 1.82) is 0 Å². The van der Waals surface area contributed by atoms with Crippen LogP contribution >= 0.6 is 0 Å². The second-order valence-electron chi connectivity index (χ2n) is 6.38. The second-order valence-corrected chi connectivity index (χ2v) is 6.38. The van der Waals surface area contributed by atoms with Crippen molar-refractivity contribution in [2.75, 3.05) is 32.1 Å². The number of carbonyl (C=O) groups is 2. The summed E-state index contributed by atoms with van der Waals surface area (Å²) in [5.41, 5.74) is 0.642. The zero-order chi connectivity index (χ0) is 18.7. The number of ether oxygens (including phenoxy) is 1. The first-order valence-corrected chi connectivity index (χ1v) is 8.37. The Hall–Kier alpha value is -3.09. The van der Waals surface area contributed by atoms with Gasteiger partial charge in [-0.05, 0) is 36.4 Å². The molecule has 1 aromatic heterocycles. The summed E-state index contributed by atoms with van der Waals surface area (Å²) in [5.74, 6) is 0.322. The molecule has 0 saturated carbocycles. The minimum absolute atomic E-state index is 0.0971. The van der Waals surface area contributed by atoms with E-state index in [2.05, 4.69) is 4.98 Å². The Morgan fingerprint density at radius 3 is 2.54 bits per heavy atom. The number of amides is 1. The molecule has 2 aromatic rings. The molecule has 1 N–H and O–H groups in total. The molecule has 7 heteroatoms. The number of aromatic carboxylic acids is 1. The number of carboxylic acid groups (broad SMARTS) is 1. The quantitative estimate of drug-likeness (QED) is 0.885. The third-order valence-corrected chi connectivity index (χ3v) is 4.28. The summed E-state index contributed by atoms with van der Waals surface area (Å²) in [6.45, 7) is 1.09. The summed E-state index contributed by atoms with van der Waals surface area (Å²) >= 11 is 0. The fourth-order valence-electron chi connectivity index (χ4n) is 2.94. The van der Waals surface area contributed by atoms with Crippen molar-refractivity contribution in [2.24, 2.45) is 0 Å². The zero-order valence-electron chi connectivity index (χ0n) is 14.8. The van der Waals surface area contributed by atoms with Crippen molar-refractivity contribution in [3.63, 3.8) is 0 Å². The molecule has 3 rings (SSSR count). The molecule has 1 saturated heterocycles. The van der Waals surface area contributed by atoms with Crippen LogP contribution in [0.1, 0.15) is 27.1 Å². The van der Waals surface area contributed by atoms with Gasteiger partial charge in [0.2, 0.25) is 0 Å². The molecule has 1 aromatic carbocycles.